The summed E-state index contributed by atoms with van der Waals surface area (Å²) in [6, 6.07) is 3.31. The molecule has 68 valence electrons. The third-order valence-electron chi connectivity index (χ3n) is 1.37. The zero-order chi connectivity index (χ0) is 8.27. The minimum atomic E-state index is 0. The van der Waals surface area contributed by atoms with E-state index in [1.54, 1.807) is 12.1 Å². The molecule has 0 aliphatic carbocycles. The average Bonchev–Trinajstić information content (AvgIpc) is 2.04. The van der Waals surface area contributed by atoms with E-state index >= 15 is 0 Å². The van der Waals surface area contributed by atoms with Gasteiger partial charge in [0.1, 0.15) is 5.88 Å². The first-order chi connectivity index (χ1) is 5.29. The maximum atomic E-state index is 11.0. The summed E-state index contributed by atoms with van der Waals surface area (Å²) >= 11 is 5.52. The standard InChI is InChI=1S/C7H8ClNO2.ClH/c1-11-7-3-2-4-9(10)6(7)5-8;/h2-4H,5H2,1H3;1H. The second-order valence-electron chi connectivity index (χ2n) is 1.98. The van der Waals surface area contributed by atoms with Gasteiger partial charge >= 0.3 is 0 Å². The highest BCUT2D eigenvalue weighted by Crippen LogP contribution is 2.14. The van der Waals surface area contributed by atoms with Crippen LogP contribution in [0.2, 0.25) is 0 Å². The summed E-state index contributed by atoms with van der Waals surface area (Å²) in [6.45, 7) is 0. The van der Waals surface area contributed by atoms with Crippen molar-refractivity contribution in [1.29, 1.82) is 0 Å². The molecule has 0 unspecified atom stereocenters. The van der Waals surface area contributed by atoms with Crippen LogP contribution in [0.4, 0.5) is 0 Å². The van der Waals surface area contributed by atoms with Crippen LogP contribution in [0.1, 0.15) is 5.69 Å². The van der Waals surface area contributed by atoms with E-state index in [1.165, 1.54) is 13.3 Å². The van der Waals surface area contributed by atoms with Gasteiger partial charge in [-0.2, -0.15) is 4.73 Å². The maximum absolute atomic E-state index is 11.0. The number of ether oxygens (including phenoxy) is 1. The molecule has 0 spiro atoms. The molecule has 0 fully saturated rings. The van der Waals surface area contributed by atoms with Crippen molar-refractivity contribution in [2.45, 2.75) is 5.88 Å². The van der Waals surface area contributed by atoms with Crippen LogP contribution in [0.15, 0.2) is 18.3 Å². The first-order valence-electron chi connectivity index (χ1n) is 3.10. The van der Waals surface area contributed by atoms with E-state index in [4.69, 9.17) is 16.3 Å². The minimum absolute atomic E-state index is 0. The molecule has 0 N–H and O–H groups in total. The normalized spacial score (nSPS) is 8.83. The Hall–Kier alpha value is -0.670. The zero-order valence-electron chi connectivity index (χ0n) is 6.49. The summed E-state index contributed by atoms with van der Waals surface area (Å²) in [4.78, 5) is 0. The Kier molecular flexibility index (Phi) is 4.78. The van der Waals surface area contributed by atoms with Gasteiger partial charge in [0.15, 0.2) is 11.9 Å². The second kappa shape index (κ2) is 5.06. The van der Waals surface area contributed by atoms with Crippen LogP contribution in [0.25, 0.3) is 0 Å². The highest BCUT2D eigenvalue weighted by Gasteiger charge is 2.09. The summed E-state index contributed by atoms with van der Waals surface area (Å²) in [5.41, 5.74) is 0.441. The van der Waals surface area contributed by atoms with Gasteiger partial charge in [-0.3, -0.25) is 0 Å². The van der Waals surface area contributed by atoms with Gasteiger partial charge in [-0.05, 0) is 6.07 Å². The summed E-state index contributed by atoms with van der Waals surface area (Å²) in [5.74, 6) is 0.686. The van der Waals surface area contributed by atoms with Crippen molar-refractivity contribution in [2.75, 3.05) is 7.11 Å². The molecule has 1 heterocycles. The Labute approximate surface area is 81.9 Å². The van der Waals surface area contributed by atoms with Crippen LogP contribution in [-0.4, -0.2) is 7.11 Å². The number of alkyl halides is 1. The Morgan fingerprint density at radius 3 is 2.75 bits per heavy atom. The second-order valence-corrected chi connectivity index (χ2v) is 2.25. The van der Waals surface area contributed by atoms with Crippen molar-refractivity contribution < 1.29 is 9.47 Å². The zero-order valence-corrected chi connectivity index (χ0v) is 8.06. The average molecular weight is 210 g/mol. The van der Waals surface area contributed by atoms with Crippen molar-refractivity contribution in [3.63, 3.8) is 0 Å². The Morgan fingerprint density at radius 2 is 2.33 bits per heavy atom. The number of nitrogens with zero attached hydrogens (tertiary/aromatic N) is 1. The number of hydrogen-bond acceptors (Lipinski definition) is 2. The molecule has 0 bridgehead atoms. The lowest BCUT2D eigenvalue weighted by atomic mass is 10.3. The van der Waals surface area contributed by atoms with E-state index in [0.717, 1.165) is 0 Å². The number of methoxy groups -OCH3 is 1. The Bertz CT molecular complexity index is 255. The van der Waals surface area contributed by atoms with Gasteiger partial charge in [0, 0.05) is 6.07 Å². The van der Waals surface area contributed by atoms with Gasteiger partial charge in [0.25, 0.3) is 0 Å². The Balaban J connectivity index is 0.00000121. The molecular formula is C7H9Cl2NO2. The molecular weight excluding hydrogens is 201 g/mol. The highest BCUT2D eigenvalue weighted by molar-refractivity contribution is 6.16. The first-order valence-corrected chi connectivity index (χ1v) is 3.64. The lowest BCUT2D eigenvalue weighted by Crippen LogP contribution is -2.30. The fourth-order valence-corrected chi connectivity index (χ4v) is 1.06. The van der Waals surface area contributed by atoms with E-state index in [0.29, 0.717) is 16.2 Å². The summed E-state index contributed by atoms with van der Waals surface area (Å²) in [6.07, 6.45) is 1.39. The number of halogens is 2. The van der Waals surface area contributed by atoms with Crippen molar-refractivity contribution in [3.05, 3.63) is 29.2 Å². The van der Waals surface area contributed by atoms with E-state index in [-0.39, 0.29) is 18.3 Å². The molecule has 1 rings (SSSR count). The number of hydrogen-bond donors (Lipinski definition) is 0. The minimum Gasteiger partial charge on any atom is -0.618 e. The molecule has 3 nitrogen and oxygen atoms in total. The SMILES string of the molecule is COc1ccc[n+]([O-])c1CCl.Cl. The van der Waals surface area contributed by atoms with E-state index in [1.807, 2.05) is 0 Å². The molecule has 0 aliphatic rings. The fourth-order valence-electron chi connectivity index (χ4n) is 0.814. The quantitative estimate of drug-likeness (QED) is 0.421. The largest absolute Gasteiger partial charge is 0.618 e. The molecule has 1 aromatic heterocycles. The van der Waals surface area contributed by atoms with Crippen LogP contribution in [0.5, 0.6) is 5.75 Å². The molecule has 0 atom stereocenters. The van der Waals surface area contributed by atoms with Gasteiger partial charge in [0.2, 0.25) is 5.69 Å². The van der Waals surface area contributed by atoms with Gasteiger partial charge < -0.3 is 9.94 Å². The van der Waals surface area contributed by atoms with E-state index in [2.05, 4.69) is 0 Å². The molecule has 1 aromatic rings. The predicted octanol–water partition coefficient (Wildman–Crippen LogP) is 1.49. The fraction of sp³-hybridized carbons (Fsp3) is 0.286. The van der Waals surface area contributed by atoms with Crippen molar-refractivity contribution in [2.24, 2.45) is 0 Å². The Morgan fingerprint density at radius 1 is 1.67 bits per heavy atom. The lowest BCUT2D eigenvalue weighted by molar-refractivity contribution is -0.613. The molecule has 12 heavy (non-hydrogen) atoms. The number of pyridine rings is 1. The third kappa shape index (κ3) is 2.16. The highest BCUT2D eigenvalue weighted by atomic mass is 35.5. The van der Waals surface area contributed by atoms with Crippen LogP contribution in [0.3, 0.4) is 0 Å². The van der Waals surface area contributed by atoms with Gasteiger partial charge in [0.05, 0.1) is 7.11 Å². The van der Waals surface area contributed by atoms with Gasteiger partial charge in [-0.25, -0.2) is 0 Å². The number of aromatic nitrogens is 1. The molecule has 0 radical (unpaired) electrons. The van der Waals surface area contributed by atoms with Gasteiger partial charge in [-0.1, -0.05) is 0 Å². The molecule has 0 saturated carbocycles. The van der Waals surface area contributed by atoms with E-state index < -0.39 is 0 Å². The van der Waals surface area contributed by atoms with Crippen LogP contribution in [0, 0.1) is 5.21 Å². The monoisotopic (exact) mass is 209 g/mol. The van der Waals surface area contributed by atoms with Gasteiger partial charge in [-0.15, -0.1) is 24.0 Å². The smallest absolute Gasteiger partial charge is 0.249 e. The first kappa shape index (κ1) is 11.3. The van der Waals surface area contributed by atoms with Crippen LogP contribution >= 0.6 is 24.0 Å². The topological polar surface area (TPSA) is 36.2 Å². The molecule has 0 amide bonds. The van der Waals surface area contributed by atoms with Crippen LogP contribution in [-0.2, 0) is 5.88 Å². The van der Waals surface area contributed by atoms with Crippen molar-refractivity contribution in [3.8, 4) is 5.75 Å². The summed E-state index contributed by atoms with van der Waals surface area (Å²) < 4.78 is 5.61. The molecule has 0 aliphatic heterocycles. The molecule has 0 aromatic carbocycles. The predicted molar refractivity (Wildman–Crippen MR) is 48.8 cm³/mol. The summed E-state index contributed by atoms with van der Waals surface area (Å²) in [5, 5.41) is 11.0. The molecule has 5 heteroatoms. The van der Waals surface area contributed by atoms with Crippen molar-refractivity contribution in [1.82, 2.24) is 0 Å². The van der Waals surface area contributed by atoms with Crippen LogP contribution < -0.4 is 9.47 Å². The van der Waals surface area contributed by atoms with E-state index in [9.17, 15) is 5.21 Å². The summed E-state index contributed by atoms with van der Waals surface area (Å²) in [7, 11) is 1.51. The lowest BCUT2D eigenvalue weighted by Gasteiger charge is -2.05. The maximum Gasteiger partial charge on any atom is 0.249 e. The third-order valence-corrected chi connectivity index (χ3v) is 1.62. The number of rotatable bonds is 2. The molecule has 0 saturated heterocycles. The van der Waals surface area contributed by atoms with Crippen molar-refractivity contribution >= 4 is 24.0 Å².